The van der Waals surface area contributed by atoms with E-state index in [0.29, 0.717) is 17.9 Å². The molecule has 2 N–H and O–H groups in total. The molecule has 2 rings (SSSR count). The van der Waals surface area contributed by atoms with Crippen LogP contribution in [0.25, 0.3) is 0 Å². The molecule has 2 aromatic rings. The van der Waals surface area contributed by atoms with Crippen LogP contribution in [-0.4, -0.2) is 18.0 Å². The Kier molecular flexibility index (Phi) is 3.82. The quantitative estimate of drug-likeness (QED) is 0.920. The van der Waals surface area contributed by atoms with E-state index in [-0.39, 0.29) is 4.90 Å². The predicted octanol–water partition coefficient (Wildman–Crippen LogP) is 1.26. The van der Waals surface area contributed by atoms with Gasteiger partial charge in [-0.05, 0) is 37.1 Å². The highest BCUT2D eigenvalue weighted by Gasteiger charge is 2.15. The molecular weight excluding hydrogens is 278 g/mol. The van der Waals surface area contributed by atoms with Crippen LogP contribution >= 0.6 is 0 Å². The predicted molar refractivity (Wildman–Crippen MR) is 74.8 cm³/mol. The third-order valence-corrected chi connectivity index (χ3v) is 4.34. The zero-order valence-corrected chi connectivity index (χ0v) is 12.4. The standard InChI is InChI=1S/C13H17N3O3S/c1-9-10(2)13(20(14,17)18)5-4-12(9)19-7-11-6-15-8-16(11)3/h4-6,8H,7H2,1-3H3,(H2,14,17,18). The Bertz CT molecular complexity index is 735. The fourth-order valence-electron chi connectivity index (χ4n) is 1.91. The number of benzene rings is 1. The normalized spacial score (nSPS) is 11.6. The van der Waals surface area contributed by atoms with Gasteiger partial charge in [0.2, 0.25) is 10.0 Å². The number of nitrogens with two attached hydrogens (primary N) is 1. The molecular formula is C13H17N3O3S. The molecule has 6 nitrogen and oxygen atoms in total. The lowest BCUT2D eigenvalue weighted by Crippen LogP contribution is -2.14. The molecule has 108 valence electrons. The van der Waals surface area contributed by atoms with E-state index in [2.05, 4.69) is 4.98 Å². The van der Waals surface area contributed by atoms with Crippen molar-refractivity contribution in [2.45, 2.75) is 25.3 Å². The fourth-order valence-corrected chi connectivity index (χ4v) is 2.75. The molecule has 1 aromatic heterocycles. The van der Waals surface area contributed by atoms with E-state index in [1.807, 2.05) is 18.5 Å². The number of nitrogens with zero attached hydrogens (tertiary/aromatic N) is 2. The van der Waals surface area contributed by atoms with Crippen molar-refractivity contribution in [3.63, 3.8) is 0 Å². The monoisotopic (exact) mass is 295 g/mol. The fraction of sp³-hybridized carbons (Fsp3) is 0.308. The summed E-state index contributed by atoms with van der Waals surface area (Å²) in [6.07, 6.45) is 3.42. The number of sulfonamides is 1. The van der Waals surface area contributed by atoms with Gasteiger partial charge >= 0.3 is 0 Å². The average molecular weight is 295 g/mol. The summed E-state index contributed by atoms with van der Waals surface area (Å²) in [6, 6.07) is 3.09. The Morgan fingerprint density at radius 3 is 2.55 bits per heavy atom. The minimum absolute atomic E-state index is 0.128. The molecule has 0 saturated carbocycles. The van der Waals surface area contributed by atoms with Gasteiger partial charge in [0, 0.05) is 7.05 Å². The Labute approximate surface area is 118 Å². The molecule has 0 radical (unpaired) electrons. The van der Waals surface area contributed by atoms with Gasteiger partial charge in [-0.3, -0.25) is 0 Å². The van der Waals surface area contributed by atoms with Gasteiger partial charge in [0.1, 0.15) is 12.4 Å². The highest BCUT2D eigenvalue weighted by atomic mass is 32.2. The lowest BCUT2D eigenvalue weighted by molar-refractivity contribution is 0.294. The smallest absolute Gasteiger partial charge is 0.238 e. The number of ether oxygens (including phenoxy) is 1. The van der Waals surface area contributed by atoms with Crippen LogP contribution in [0.3, 0.4) is 0 Å². The Balaban J connectivity index is 2.27. The van der Waals surface area contributed by atoms with Gasteiger partial charge in [-0.25, -0.2) is 18.5 Å². The van der Waals surface area contributed by atoms with Gasteiger partial charge in [-0.1, -0.05) is 0 Å². The number of hydrogen-bond donors (Lipinski definition) is 1. The van der Waals surface area contributed by atoms with Crippen molar-refractivity contribution >= 4 is 10.0 Å². The second-order valence-electron chi connectivity index (χ2n) is 4.64. The maximum atomic E-state index is 11.4. The zero-order valence-electron chi connectivity index (χ0n) is 11.6. The number of imidazole rings is 1. The van der Waals surface area contributed by atoms with Crippen molar-refractivity contribution in [3.05, 3.63) is 41.5 Å². The van der Waals surface area contributed by atoms with Gasteiger partial charge < -0.3 is 9.30 Å². The first-order valence-electron chi connectivity index (χ1n) is 6.01. The number of aryl methyl sites for hydroxylation is 1. The summed E-state index contributed by atoms with van der Waals surface area (Å²) >= 11 is 0. The topological polar surface area (TPSA) is 87.2 Å². The maximum Gasteiger partial charge on any atom is 0.238 e. The van der Waals surface area contributed by atoms with Crippen molar-refractivity contribution in [3.8, 4) is 5.75 Å². The third kappa shape index (κ3) is 2.83. The van der Waals surface area contributed by atoms with Crippen LogP contribution in [0.1, 0.15) is 16.8 Å². The van der Waals surface area contributed by atoms with Gasteiger partial charge in [0.05, 0.1) is 23.1 Å². The SMILES string of the molecule is Cc1c(OCc2cncn2C)ccc(S(N)(=O)=O)c1C. The average Bonchev–Trinajstić information content (AvgIpc) is 2.75. The van der Waals surface area contributed by atoms with Crippen molar-refractivity contribution < 1.29 is 13.2 Å². The molecule has 20 heavy (non-hydrogen) atoms. The summed E-state index contributed by atoms with van der Waals surface area (Å²) in [5, 5.41) is 5.17. The summed E-state index contributed by atoms with van der Waals surface area (Å²) in [5.74, 6) is 0.635. The molecule has 0 saturated heterocycles. The van der Waals surface area contributed by atoms with Crippen molar-refractivity contribution in [1.29, 1.82) is 0 Å². The van der Waals surface area contributed by atoms with Crippen LogP contribution in [0.5, 0.6) is 5.75 Å². The summed E-state index contributed by atoms with van der Waals surface area (Å²) in [4.78, 5) is 4.14. The van der Waals surface area contributed by atoms with E-state index in [1.54, 1.807) is 25.5 Å². The number of rotatable bonds is 4. The molecule has 1 aromatic carbocycles. The lowest BCUT2D eigenvalue weighted by atomic mass is 10.1. The summed E-state index contributed by atoms with van der Waals surface area (Å²) in [5.41, 5.74) is 2.30. The zero-order chi connectivity index (χ0) is 14.9. The molecule has 0 aliphatic carbocycles. The molecule has 0 bridgehead atoms. The Morgan fingerprint density at radius 1 is 1.30 bits per heavy atom. The van der Waals surface area contributed by atoms with Crippen LogP contribution in [0.4, 0.5) is 0 Å². The highest BCUT2D eigenvalue weighted by Crippen LogP contribution is 2.27. The van der Waals surface area contributed by atoms with Gasteiger partial charge in [-0.2, -0.15) is 0 Å². The van der Waals surface area contributed by atoms with Crippen LogP contribution < -0.4 is 9.88 Å². The maximum absolute atomic E-state index is 11.4. The summed E-state index contributed by atoms with van der Waals surface area (Å²) in [7, 11) is -1.82. The van der Waals surface area contributed by atoms with Gasteiger partial charge in [-0.15, -0.1) is 0 Å². The molecule has 0 unspecified atom stereocenters. The molecule has 0 aliphatic heterocycles. The number of aromatic nitrogens is 2. The number of primary sulfonamides is 1. The molecule has 0 fully saturated rings. The van der Waals surface area contributed by atoms with E-state index in [9.17, 15) is 8.42 Å². The van der Waals surface area contributed by atoms with Crippen molar-refractivity contribution in [2.24, 2.45) is 12.2 Å². The second kappa shape index (κ2) is 5.26. The summed E-state index contributed by atoms with van der Waals surface area (Å²) < 4.78 is 30.4. The van der Waals surface area contributed by atoms with Crippen LogP contribution in [-0.2, 0) is 23.7 Å². The van der Waals surface area contributed by atoms with Crippen LogP contribution in [0, 0.1) is 13.8 Å². The van der Waals surface area contributed by atoms with Crippen molar-refractivity contribution in [2.75, 3.05) is 0 Å². The van der Waals surface area contributed by atoms with E-state index in [1.165, 1.54) is 6.07 Å². The largest absolute Gasteiger partial charge is 0.487 e. The van der Waals surface area contributed by atoms with Crippen LogP contribution in [0.2, 0.25) is 0 Å². The first-order chi connectivity index (χ1) is 9.30. The van der Waals surface area contributed by atoms with Crippen molar-refractivity contribution in [1.82, 2.24) is 9.55 Å². The van der Waals surface area contributed by atoms with E-state index in [4.69, 9.17) is 9.88 Å². The number of hydrogen-bond acceptors (Lipinski definition) is 4. The van der Waals surface area contributed by atoms with Gasteiger partial charge in [0.25, 0.3) is 0 Å². The van der Waals surface area contributed by atoms with E-state index in [0.717, 1.165) is 11.3 Å². The van der Waals surface area contributed by atoms with E-state index >= 15 is 0 Å². The first-order valence-corrected chi connectivity index (χ1v) is 7.56. The second-order valence-corrected chi connectivity index (χ2v) is 6.17. The molecule has 0 aliphatic rings. The summed E-state index contributed by atoms with van der Waals surface area (Å²) in [6.45, 7) is 3.89. The molecule has 0 amide bonds. The highest BCUT2D eigenvalue weighted by molar-refractivity contribution is 7.89. The van der Waals surface area contributed by atoms with Crippen LogP contribution in [0.15, 0.2) is 29.6 Å². The molecule has 0 spiro atoms. The minimum atomic E-state index is -3.71. The molecule has 1 heterocycles. The van der Waals surface area contributed by atoms with E-state index < -0.39 is 10.0 Å². The molecule has 0 atom stereocenters. The minimum Gasteiger partial charge on any atom is -0.487 e. The van der Waals surface area contributed by atoms with Gasteiger partial charge in [0.15, 0.2) is 0 Å². The lowest BCUT2D eigenvalue weighted by Gasteiger charge is -2.13. The third-order valence-electron chi connectivity index (χ3n) is 3.29. The molecule has 7 heteroatoms. The Hall–Kier alpha value is -1.86. The first kappa shape index (κ1) is 14.5. The Morgan fingerprint density at radius 2 is 2.00 bits per heavy atom.